The van der Waals surface area contributed by atoms with Crippen LogP contribution in [-0.2, 0) is 11.3 Å². The summed E-state index contributed by atoms with van der Waals surface area (Å²) in [4.78, 5) is 12.1. The minimum absolute atomic E-state index is 0.122. The average molecular weight is 445 g/mol. The van der Waals surface area contributed by atoms with Gasteiger partial charge in [0.25, 0.3) is 5.91 Å². The van der Waals surface area contributed by atoms with Crippen molar-refractivity contribution in [3.63, 3.8) is 0 Å². The highest BCUT2D eigenvalue weighted by Gasteiger charge is 2.09. The first-order valence-electron chi connectivity index (χ1n) is 9.29. The van der Waals surface area contributed by atoms with Crippen LogP contribution in [0.1, 0.15) is 11.1 Å². The van der Waals surface area contributed by atoms with Crippen LogP contribution in [0.5, 0.6) is 11.5 Å². The molecule has 0 saturated heterocycles. The number of hydrogen-bond acceptors (Lipinski definition) is 4. The molecule has 156 valence electrons. The molecule has 0 bridgehead atoms. The number of aryl methyl sites for hydroxylation is 1. The number of methoxy groups -OCH3 is 1. The maximum absolute atomic E-state index is 12.1. The minimum atomic E-state index is -0.246. The summed E-state index contributed by atoms with van der Waals surface area (Å²) in [6, 6.07) is 18.4. The molecule has 3 aromatic carbocycles. The largest absolute Gasteiger partial charge is 0.493 e. The molecular formula is C23H22Cl2N2O3. The van der Waals surface area contributed by atoms with E-state index in [0.29, 0.717) is 28.1 Å². The lowest BCUT2D eigenvalue weighted by Crippen LogP contribution is -2.20. The van der Waals surface area contributed by atoms with E-state index in [1.54, 1.807) is 31.4 Å². The number of rotatable bonds is 8. The number of hydrogen-bond donors (Lipinski definition) is 2. The lowest BCUT2D eigenvalue weighted by molar-refractivity contribution is -0.118. The molecule has 0 aromatic heterocycles. The van der Waals surface area contributed by atoms with Gasteiger partial charge in [-0.3, -0.25) is 4.79 Å². The molecule has 0 unspecified atom stereocenters. The first-order chi connectivity index (χ1) is 14.4. The van der Waals surface area contributed by atoms with Crippen molar-refractivity contribution in [1.82, 2.24) is 0 Å². The number of amides is 1. The van der Waals surface area contributed by atoms with Gasteiger partial charge in [-0.15, -0.1) is 0 Å². The maximum Gasteiger partial charge on any atom is 0.262 e. The Balaban J connectivity index is 1.58. The van der Waals surface area contributed by atoms with Crippen LogP contribution in [0.2, 0.25) is 10.0 Å². The minimum Gasteiger partial charge on any atom is -0.493 e. The number of carbonyl (C=O) groups excluding carboxylic acids is 1. The van der Waals surface area contributed by atoms with Crippen molar-refractivity contribution >= 4 is 40.5 Å². The Morgan fingerprint density at radius 2 is 1.60 bits per heavy atom. The summed E-state index contributed by atoms with van der Waals surface area (Å²) in [5, 5.41) is 7.19. The molecule has 0 heterocycles. The molecule has 1 amide bonds. The molecule has 3 rings (SSSR count). The van der Waals surface area contributed by atoms with E-state index in [0.717, 1.165) is 22.5 Å². The first kappa shape index (κ1) is 21.8. The Labute approximate surface area is 185 Å². The van der Waals surface area contributed by atoms with E-state index < -0.39 is 0 Å². The summed E-state index contributed by atoms with van der Waals surface area (Å²) < 4.78 is 11.1. The fourth-order valence-corrected chi connectivity index (χ4v) is 3.30. The molecule has 7 heteroatoms. The van der Waals surface area contributed by atoms with Crippen LogP contribution < -0.4 is 20.1 Å². The van der Waals surface area contributed by atoms with Crippen LogP contribution >= 0.6 is 23.2 Å². The zero-order chi connectivity index (χ0) is 21.5. The monoisotopic (exact) mass is 444 g/mol. The van der Waals surface area contributed by atoms with Crippen molar-refractivity contribution in [2.75, 3.05) is 24.4 Å². The lowest BCUT2D eigenvalue weighted by atomic mass is 10.2. The topological polar surface area (TPSA) is 59.6 Å². The fraction of sp³-hybridized carbons (Fsp3) is 0.174. The van der Waals surface area contributed by atoms with Crippen molar-refractivity contribution in [3.8, 4) is 11.5 Å². The summed E-state index contributed by atoms with van der Waals surface area (Å²) >= 11 is 12.0. The normalized spacial score (nSPS) is 10.4. The Kier molecular flexibility index (Phi) is 7.44. The second kappa shape index (κ2) is 10.2. The summed E-state index contributed by atoms with van der Waals surface area (Å²) in [5.41, 5.74) is 3.64. The second-order valence-electron chi connectivity index (χ2n) is 6.70. The van der Waals surface area contributed by atoms with E-state index in [9.17, 15) is 4.79 Å². The molecule has 0 spiro atoms. The number of anilines is 2. The number of benzene rings is 3. The van der Waals surface area contributed by atoms with Crippen molar-refractivity contribution in [2.45, 2.75) is 13.5 Å². The van der Waals surface area contributed by atoms with Crippen molar-refractivity contribution in [3.05, 3.63) is 81.8 Å². The summed E-state index contributed by atoms with van der Waals surface area (Å²) in [5.74, 6) is 0.789. The van der Waals surface area contributed by atoms with Gasteiger partial charge in [0.15, 0.2) is 18.1 Å². The number of nitrogens with one attached hydrogen (secondary N) is 2. The molecule has 0 aliphatic rings. The molecular weight excluding hydrogens is 423 g/mol. The Morgan fingerprint density at radius 1 is 0.900 bits per heavy atom. The molecule has 0 radical (unpaired) electrons. The number of ether oxygens (including phenoxy) is 2. The van der Waals surface area contributed by atoms with E-state index >= 15 is 0 Å². The predicted octanol–water partition coefficient (Wildman–Crippen LogP) is 5.94. The molecule has 0 atom stereocenters. The number of halogens is 2. The van der Waals surface area contributed by atoms with Gasteiger partial charge in [-0.05, 0) is 55.0 Å². The van der Waals surface area contributed by atoms with Gasteiger partial charge in [0.1, 0.15) is 0 Å². The average Bonchev–Trinajstić information content (AvgIpc) is 2.72. The molecule has 0 aliphatic carbocycles. The molecule has 0 saturated carbocycles. The highest BCUT2D eigenvalue weighted by molar-refractivity contribution is 6.35. The lowest BCUT2D eigenvalue weighted by Gasteiger charge is -2.13. The third kappa shape index (κ3) is 6.31. The summed E-state index contributed by atoms with van der Waals surface area (Å²) in [7, 11) is 1.56. The predicted molar refractivity (Wildman–Crippen MR) is 122 cm³/mol. The van der Waals surface area contributed by atoms with Crippen LogP contribution in [0.3, 0.4) is 0 Å². The summed E-state index contributed by atoms with van der Waals surface area (Å²) in [6.07, 6.45) is 0. The van der Waals surface area contributed by atoms with Gasteiger partial charge in [-0.2, -0.15) is 0 Å². The third-order valence-corrected chi connectivity index (χ3v) is 4.72. The van der Waals surface area contributed by atoms with Crippen LogP contribution in [0, 0.1) is 6.92 Å². The van der Waals surface area contributed by atoms with Gasteiger partial charge in [-0.1, -0.05) is 47.0 Å². The summed E-state index contributed by atoms with van der Waals surface area (Å²) in [6.45, 7) is 2.41. The first-order valence-corrected chi connectivity index (χ1v) is 10.0. The number of carbonyl (C=O) groups is 1. The maximum atomic E-state index is 12.1. The van der Waals surface area contributed by atoms with Crippen LogP contribution in [0.15, 0.2) is 60.7 Å². The van der Waals surface area contributed by atoms with E-state index in [2.05, 4.69) is 10.6 Å². The third-order valence-electron chi connectivity index (χ3n) is 4.28. The Hall–Kier alpha value is -2.89. The Morgan fingerprint density at radius 3 is 2.27 bits per heavy atom. The molecule has 0 aliphatic heterocycles. The highest BCUT2D eigenvalue weighted by atomic mass is 35.5. The van der Waals surface area contributed by atoms with Gasteiger partial charge in [0.05, 0.1) is 7.11 Å². The second-order valence-corrected chi connectivity index (χ2v) is 7.57. The Bertz CT molecular complexity index is 1000. The SMILES string of the molecule is COc1cc(CNc2cc(Cl)cc(Cl)c2)ccc1OCC(=O)Nc1ccc(C)cc1. The molecule has 30 heavy (non-hydrogen) atoms. The fourth-order valence-electron chi connectivity index (χ4n) is 2.78. The van der Waals surface area contributed by atoms with Crippen molar-refractivity contribution in [1.29, 1.82) is 0 Å². The molecule has 3 aromatic rings. The zero-order valence-corrected chi connectivity index (χ0v) is 18.2. The van der Waals surface area contributed by atoms with Crippen molar-refractivity contribution < 1.29 is 14.3 Å². The highest BCUT2D eigenvalue weighted by Crippen LogP contribution is 2.29. The van der Waals surface area contributed by atoms with Gasteiger partial charge < -0.3 is 20.1 Å². The molecule has 2 N–H and O–H groups in total. The van der Waals surface area contributed by atoms with E-state index in [-0.39, 0.29) is 12.5 Å². The van der Waals surface area contributed by atoms with E-state index in [1.807, 2.05) is 43.3 Å². The standard InChI is InChI=1S/C23H22Cl2N2O3/c1-15-3-6-19(7-4-15)27-23(28)14-30-21-8-5-16(9-22(21)29-2)13-26-20-11-17(24)10-18(25)12-20/h3-12,26H,13-14H2,1-2H3,(H,27,28). The van der Waals surface area contributed by atoms with E-state index in [1.165, 1.54) is 0 Å². The van der Waals surface area contributed by atoms with Crippen LogP contribution in [-0.4, -0.2) is 19.6 Å². The van der Waals surface area contributed by atoms with Gasteiger partial charge >= 0.3 is 0 Å². The van der Waals surface area contributed by atoms with Gasteiger partial charge in [-0.25, -0.2) is 0 Å². The van der Waals surface area contributed by atoms with Crippen molar-refractivity contribution in [2.24, 2.45) is 0 Å². The molecule has 0 fully saturated rings. The van der Waals surface area contributed by atoms with E-state index in [4.69, 9.17) is 32.7 Å². The van der Waals surface area contributed by atoms with Gasteiger partial charge in [0, 0.05) is 28.0 Å². The molecule has 5 nitrogen and oxygen atoms in total. The smallest absolute Gasteiger partial charge is 0.262 e. The quantitative estimate of drug-likeness (QED) is 0.451. The van der Waals surface area contributed by atoms with Crippen LogP contribution in [0.25, 0.3) is 0 Å². The van der Waals surface area contributed by atoms with Crippen LogP contribution in [0.4, 0.5) is 11.4 Å². The van der Waals surface area contributed by atoms with Gasteiger partial charge in [0.2, 0.25) is 0 Å². The zero-order valence-electron chi connectivity index (χ0n) is 16.7.